The number of nitro groups is 1. The fourth-order valence-electron chi connectivity index (χ4n) is 4.05. The highest BCUT2D eigenvalue weighted by molar-refractivity contribution is 9.10. The summed E-state index contributed by atoms with van der Waals surface area (Å²) in [6.07, 6.45) is 0.768. The number of hydrogen-bond acceptors (Lipinski definition) is 6. The topological polar surface area (TPSA) is 86.1 Å². The van der Waals surface area contributed by atoms with E-state index in [4.69, 9.17) is 26.4 Å². The molecule has 0 aromatic heterocycles. The lowest BCUT2D eigenvalue weighted by atomic mass is 9.92. The number of anilines is 1. The van der Waals surface area contributed by atoms with Gasteiger partial charge in [-0.25, -0.2) is 0 Å². The summed E-state index contributed by atoms with van der Waals surface area (Å²) in [6.45, 7) is 0.956. The Morgan fingerprint density at radius 1 is 1.14 bits per heavy atom. The zero-order valence-electron chi connectivity index (χ0n) is 19.2. The molecule has 1 aliphatic heterocycles. The van der Waals surface area contributed by atoms with E-state index >= 15 is 0 Å². The van der Waals surface area contributed by atoms with Crippen LogP contribution in [0.25, 0.3) is 0 Å². The van der Waals surface area contributed by atoms with Crippen LogP contribution in [0.4, 0.5) is 11.4 Å². The van der Waals surface area contributed by atoms with Gasteiger partial charge in [0.05, 0.1) is 25.2 Å². The third-order valence-corrected chi connectivity index (χ3v) is 6.62. The van der Waals surface area contributed by atoms with Crippen molar-refractivity contribution in [2.75, 3.05) is 32.7 Å². The molecule has 4 rings (SSSR count). The van der Waals surface area contributed by atoms with Crippen LogP contribution in [0.3, 0.4) is 0 Å². The zero-order chi connectivity index (χ0) is 24.9. The first-order chi connectivity index (χ1) is 16.9. The van der Waals surface area contributed by atoms with Crippen molar-refractivity contribution in [3.63, 3.8) is 0 Å². The Hall–Kier alpha value is -3.37. The maximum absolute atomic E-state index is 11.0. The molecule has 0 amide bonds. The highest BCUT2D eigenvalue weighted by atomic mass is 79.9. The number of hydrogen-bond donors (Lipinski definition) is 1. The number of methoxy groups -OCH3 is 2. The van der Waals surface area contributed by atoms with Crippen molar-refractivity contribution in [1.82, 2.24) is 4.90 Å². The average molecular weight is 558 g/mol. The molecule has 0 saturated heterocycles. The maximum atomic E-state index is 11.0. The van der Waals surface area contributed by atoms with Crippen LogP contribution in [-0.2, 0) is 6.42 Å². The lowest BCUT2D eigenvalue weighted by Crippen LogP contribution is -2.44. The largest absolute Gasteiger partial charge is 0.493 e. The smallest absolute Gasteiger partial charge is 0.269 e. The minimum atomic E-state index is -0.436. The van der Waals surface area contributed by atoms with Gasteiger partial charge in [-0.3, -0.25) is 10.1 Å². The second kappa shape index (κ2) is 10.9. The Kier molecular flexibility index (Phi) is 7.72. The Bertz CT molecular complexity index is 1240. The molecule has 182 valence electrons. The van der Waals surface area contributed by atoms with Gasteiger partial charge >= 0.3 is 0 Å². The monoisotopic (exact) mass is 557 g/mol. The molecule has 10 heteroatoms. The quantitative estimate of drug-likeness (QED) is 0.223. The third-order valence-electron chi connectivity index (χ3n) is 5.79. The van der Waals surface area contributed by atoms with E-state index in [1.165, 1.54) is 12.1 Å². The molecule has 1 heterocycles. The standard InChI is InChI=1S/C25H24BrN3O5S/c1-32-23-12-16-10-11-28(25(35)27-18-5-3-4-17(26)13-18)22(21(16)14-24(23)33-2)15-34-20-8-6-19(7-9-20)29(30)31/h3-9,12-14,22H,10-11,15H2,1-2H3,(H,27,35). The first-order valence-electron chi connectivity index (χ1n) is 10.8. The summed E-state index contributed by atoms with van der Waals surface area (Å²) in [5, 5.41) is 14.9. The molecule has 0 aliphatic carbocycles. The van der Waals surface area contributed by atoms with E-state index in [-0.39, 0.29) is 18.3 Å². The Labute approximate surface area is 217 Å². The molecule has 8 nitrogen and oxygen atoms in total. The van der Waals surface area contributed by atoms with Crippen LogP contribution in [0.5, 0.6) is 17.2 Å². The molecule has 0 bridgehead atoms. The molecular weight excluding hydrogens is 534 g/mol. The van der Waals surface area contributed by atoms with Crippen molar-refractivity contribution in [2.45, 2.75) is 12.5 Å². The number of nitrogens with one attached hydrogen (secondary N) is 1. The summed E-state index contributed by atoms with van der Waals surface area (Å²) in [7, 11) is 3.22. The summed E-state index contributed by atoms with van der Waals surface area (Å²) in [5.41, 5.74) is 3.03. The van der Waals surface area contributed by atoms with Gasteiger partial charge in [0.2, 0.25) is 0 Å². The number of benzene rings is 3. The van der Waals surface area contributed by atoms with E-state index in [0.717, 1.165) is 27.7 Å². The molecule has 0 fully saturated rings. The van der Waals surface area contributed by atoms with Crippen molar-refractivity contribution in [2.24, 2.45) is 0 Å². The summed E-state index contributed by atoms with van der Waals surface area (Å²) < 4.78 is 18.1. The normalized spacial score (nSPS) is 14.6. The van der Waals surface area contributed by atoms with Crippen LogP contribution >= 0.6 is 28.1 Å². The SMILES string of the molecule is COc1cc2c(cc1OC)C(COc1ccc([N+](=O)[O-])cc1)N(C(=S)Nc1cccc(Br)c1)CC2. The number of nitro benzene ring substituents is 1. The van der Waals surface area contributed by atoms with Gasteiger partial charge in [-0.15, -0.1) is 0 Å². The van der Waals surface area contributed by atoms with Gasteiger partial charge in [0, 0.05) is 28.8 Å². The highest BCUT2D eigenvalue weighted by Gasteiger charge is 2.31. The van der Waals surface area contributed by atoms with Crippen molar-refractivity contribution >= 4 is 44.6 Å². The van der Waals surface area contributed by atoms with Crippen molar-refractivity contribution in [1.29, 1.82) is 0 Å². The van der Waals surface area contributed by atoms with Gasteiger partial charge < -0.3 is 24.4 Å². The number of ether oxygens (including phenoxy) is 3. The van der Waals surface area contributed by atoms with E-state index in [0.29, 0.717) is 28.9 Å². The molecule has 1 N–H and O–H groups in total. The number of halogens is 1. The minimum Gasteiger partial charge on any atom is -0.493 e. The molecule has 3 aromatic rings. The van der Waals surface area contributed by atoms with E-state index in [1.54, 1.807) is 26.4 Å². The number of rotatable bonds is 7. The fraction of sp³-hybridized carbons (Fsp3) is 0.240. The van der Waals surface area contributed by atoms with Crippen LogP contribution in [0.1, 0.15) is 17.2 Å². The van der Waals surface area contributed by atoms with Gasteiger partial charge in [-0.2, -0.15) is 0 Å². The summed E-state index contributed by atoms with van der Waals surface area (Å²) in [6, 6.07) is 17.6. The van der Waals surface area contributed by atoms with E-state index in [9.17, 15) is 10.1 Å². The average Bonchev–Trinajstić information content (AvgIpc) is 2.86. The molecular formula is C25H24BrN3O5S. The number of fused-ring (bicyclic) bond motifs is 1. The summed E-state index contributed by atoms with van der Waals surface area (Å²) >= 11 is 9.30. The van der Waals surface area contributed by atoms with Gasteiger partial charge in [0.15, 0.2) is 16.6 Å². The zero-order valence-corrected chi connectivity index (χ0v) is 21.6. The predicted molar refractivity (Wildman–Crippen MR) is 142 cm³/mol. The summed E-state index contributed by atoms with van der Waals surface area (Å²) in [5.74, 6) is 1.83. The molecule has 3 aromatic carbocycles. The van der Waals surface area contributed by atoms with Crippen LogP contribution in [0.2, 0.25) is 0 Å². The van der Waals surface area contributed by atoms with Crippen LogP contribution in [0, 0.1) is 10.1 Å². The van der Waals surface area contributed by atoms with Gasteiger partial charge in [0.1, 0.15) is 12.4 Å². The number of thiocarbonyl (C=S) groups is 1. The summed E-state index contributed by atoms with van der Waals surface area (Å²) in [4.78, 5) is 12.6. The van der Waals surface area contributed by atoms with Crippen LogP contribution in [-0.4, -0.2) is 42.3 Å². The molecule has 1 aliphatic rings. The lowest BCUT2D eigenvalue weighted by molar-refractivity contribution is -0.384. The second-order valence-corrected chi connectivity index (χ2v) is 9.17. The van der Waals surface area contributed by atoms with Crippen molar-refractivity contribution in [3.05, 3.63) is 86.4 Å². The third kappa shape index (κ3) is 5.66. The van der Waals surface area contributed by atoms with E-state index in [1.807, 2.05) is 36.4 Å². The number of non-ortho nitro benzene ring substituents is 1. The van der Waals surface area contributed by atoms with Crippen LogP contribution in [0.15, 0.2) is 65.1 Å². The van der Waals surface area contributed by atoms with E-state index < -0.39 is 4.92 Å². The fourth-order valence-corrected chi connectivity index (χ4v) is 4.79. The van der Waals surface area contributed by atoms with Crippen LogP contribution < -0.4 is 19.5 Å². The maximum Gasteiger partial charge on any atom is 0.269 e. The second-order valence-electron chi connectivity index (χ2n) is 7.87. The van der Waals surface area contributed by atoms with Gasteiger partial charge in [0.25, 0.3) is 5.69 Å². The molecule has 35 heavy (non-hydrogen) atoms. The first kappa shape index (κ1) is 24.7. The van der Waals surface area contributed by atoms with Gasteiger partial charge in [-0.05, 0) is 72.2 Å². The molecule has 0 spiro atoms. The van der Waals surface area contributed by atoms with Gasteiger partial charge in [-0.1, -0.05) is 22.0 Å². The molecule has 1 atom stereocenters. The first-order valence-corrected chi connectivity index (χ1v) is 12.0. The van der Waals surface area contributed by atoms with E-state index in [2.05, 4.69) is 26.1 Å². The van der Waals surface area contributed by atoms with Crippen molar-refractivity contribution < 1.29 is 19.1 Å². The number of nitrogens with zero attached hydrogens (tertiary/aromatic N) is 2. The molecule has 0 radical (unpaired) electrons. The Morgan fingerprint density at radius 3 is 2.51 bits per heavy atom. The lowest BCUT2D eigenvalue weighted by Gasteiger charge is -2.39. The highest BCUT2D eigenvalue weighted by Crippen LogP contribution is 2.39. The Morgan fingerprint density at radius 2 is 1.86 bits per heavy atom. The predicted octanol–water partition coefficient (Wildman–Crippen LogP) is 5.75. The molecule has 0 saturated carbocycles. The minimum absolute atomic E-state index is 0.0122. The molecule has 1 unspecified atom stereocenters. The van der Waals surface area contributed by atoms with Crippen molar-refractivity contribution in [3.8, 4) is 17.2 Å². The Balaban J connectivity index is 1.63.